The molecule has 0 unspecified atom stereocenters. The highest BCUT2D eigenvalue weighted by atomic mass is 19.1. The topological polar surface area (TPSA) is 52.7 Å². The van der Waals surface area contributed by atoms with Gasteiger partial charge in [-0.3, -0.25) is 9.59 Å². The number of amides is 2. The lowest BCUT2D eigenvalue weighted by Gasteiger charge is -2.34. The van der Waals surface area contributed by atoms with Crippen LogP contribution in [0, 0.1) is 5.82 Å². The van der Waals surface area contributed by atoms with Gasteiger partial charge in [-0.1, -0.05) is 12.1 Å². The van der Waals surface area contributed by atoms with Crippen molar-refractivity contribution in [2.75, 3.05) is 33.2 Å². The van der Waals surface area contributed by atoms with Crippen molar-refractivity contribution in [1.29, 1.82) is 0 Å². The molecule has 0 aromatic heterocycles. The fourth-order valence-electron chi connectivity index (χ4n) is 2.52. The summed E-state index contributed by atoms with van der Waals surface area (Å²) in [4.78, 5) is 27.4. The van der Waals surface area contributed by atoms with Gasteiger partial charge in [-0.15, -0.1) is 0 Å². The average Bonchev–Trinajstić information content (AvgIpc) is 2.49. The lowest BCUT2D eigenvalue weighted by molar-refractivity contribution is -0.145. The van der Waals surface area contributed by atoms with Gasteiger partial charge in [-0.25, -0.2) is 4.39 Å². The Morgan fingerprint density at radius 1 is 1.36 bits per heavy atom. The molecular formula is C16H22FN3O2. The van der Waals surface area contributed by atoms with E-state index in [0.29, 0.717) is 26.1 Å². The highest BCUT2D eigenvalue weighted by Crippen LogP contribution is 2.12. The fourth-order valence-corrected chi connectivity index (χ4v) is 2.52. The van der Waals surface area contributed by atoms with E-state index >= 15 is 0 Å². The van der Waals surface area contributed by atoms with Gasteiger partial charge < -0.3 is 15.1 Å². The zero-order valence-electron chi connectivity index (χ0n) is 12.8. The summed E-state index contributed by atoms with van der Waals surface area (Å²) in [6.07, 6.45) is 1.23. The second kappa shape index (κ2) is 7.89. The molecule has 5 nitrogen and oxygen atoms in total. The van der Waals surface area contributed by atoms with Crippen molar-refractivity contribution >= 4 is 11.8 Å². The number of nitrogens with one attached hydrogen (secondary N) is 1. The van der Waals surface area contributed by atoms with E-state index in [1.54, 1.807) is 21.9 Å². The van der Waals surface area contributed by atoms with E-state index in [1.807, 2.05) is 7.05 Å². The van der Waals surface area contributed by atoms with Crippen LogP contribution in [0.3, 0.4) is 0 Å². The van der Waals surface area contributed by atoms with Crippen LogP contribution in [0.15, 0.2) is 24.3 Å². The van der Waals surface area contributed by atoms with Gasteiger partial charge >= 0.3 is 0 Å². The number of nitrogens with zero attached hydrogens (tertiary/aromatic N) is 2. The van der Waals surface area contributed by atoms with Crippen LogP contribution in [-0.2, 0) is 16.1 Å². The van der Waals surface area contributed by atoms with E-state index in [2.05, 4.69) is 5.32 Å². The fraction of sp³-hybridized carbons (Fsp3) is 0.500. The van der Waals surface area contributed by atoms with Gasteiger partial charge in [0.2, 0.25) is 11.8 Å². The van der Waals surface area contributed by atoms with Crippen molar-refractivity contribution in [2.24, 2.45) is 0 Å². The molecule has 1 heterocycles. The van der Waals surface area contributed by atoms with E-state index in [4.69, 9.17) is 0 Å². The number of carbonyl (C=O) groups excluding carboxylic acids is 2. The molecule has 1 aliphatic heterocycles. The first-order valence-corrected chi connectivity index (χ1v) is 7.54. The van der Waals surface area contributed by atoms with Gasteiger partial charge in [0.25, 0.3) is 0 Å². The molecule has 6 heteroatoms. The first-order chi connectivity index (χ1) is 10.6. The maximum absolute atomic E-state index is 13.2. The van der Waals surface area contributed by atoms with Crippen LogP contribution in [0.4, 0.5) is 4.39 Å². The number of hydrogen-bond acceptors (Lipinski definition) is 3. The molecule has 0 aliphatic carbocycles. The summed E-state index contributed by atoms with van der Waals surface area (Å²) in [6, 6.07) is 6.25. The lowest BCUT2D eigenvalue weighted by Crippen LogP contribution is -2.51. The summed E-state index contributed by atoms with van der Waals surface area (Å²) in [5.74, 6) is -0.366. The maximum atomic E-state index is 13.2. The molecule has 1 aromatic carbocycles. The van der Waals surface area contributed by atoms with Crippen molar-refractivity contribution in [1.82, 2.24) is 15.1 Å². The minimum Gasteiger partial charge on any atom is -0.335 e. The molecule has 1 N–H and O–H groups in total. The quantitative estimate of drug-likeness (QED) is 0.798. The van der Waals surface area contributed by atoms with Crippen molar-refractivity contribution in [3.05, 3.63) is 35.6 Å². The zero-order valence-corrected chi connectivity index (χ0v) is 12.8. The molecule has 2 amide bonds. The summed E-state index contributed by atoms with van der Waals surface area (Å²) >= 11 is 0. The van der Waals surface area contributed by atoms with E-state index < -0.39 is 0 Å². The largest absolute Gasteiger partial charge is 0.335 e. The maximum Gasteiger partial charge on any atom is 0.242 e. The second-order valence-electron chi connectivity index (χ2n) is 5.47. The monoisotopic (exact) mass is 307 g/mol. The minimum absolute atomic E-state index is 0.0222. The molecule has 0 bridgehead atoms. The predicted octanol–water partition coefficient (Wildman–Crippen LogP) is 0.996. The van der Waals surface area contributed by atoms with Crippen LogP contribution < -0.4 is 5.32 Å². The Bertz CT molecular complexity index is 536. The lowest BCUT2D eigenvalue weighted by atomic mass is 10.2. The number of hydrogen-bond donors (Lipinski definition) is 1. The molecule has 1 aliphatic rings. The first kappa shape index (κ1) is 16.4. The van der Waals surface area contributed by atoms with Crippen molar-refractivity contribution < 1.29 is 14.0 Å². The number of rotatable bonds is 6. The highest BCUT2D eigenvalue weighted by Gasteiger charge is 2.26. The van der Waals surface area contributed by atoms with Gasteiger partial charge in [0, 0.05) is 26.1 Å². The molecule has 1 aromatic rings. The SMILES string of the molecule is CNCCCC(=O)N1CCN(Cc2cccc(F)c2)C(=O)C1. The molecular weight excluding hydrogens is 285 g/mol. The van der Waals surface area contributed by atoms with Gasteiger partial charge in [0.05, 0.1) is 6.54 Å². The van der Waals surface area contributed by atoms with Crippen molar-refractivity contribution in [2.45, 2.75) is 19.4 Å². The second-order valence-corrected chi connectivity index (χ2v) is 5.47. The van der Waals surface area contributed by atoms with Gasteiger partial charge in [0.15, 0.2) is 0 Å². The predicted molar refractivity (Wildman–Crippen MR) is 81.6 cm³/mol. The summed E-state index contributed by atoms with van der Waals surface area (Å²) in [7, 11) is 1.85. The molecule has 0 saturated carbocycles. The van der Waals surface area contributed by atoms with E-state index in [1.165, 1.54) is 12.1 Å². The van der Waals surface area contributed by atoms with Crippen molar-refractivity contribution in [3.8, 4) is 0 Å². The van der Waals surface area contributed by atoms with Gasteiger partial charge in [0.1, 0.15) is 5.82 Å². The van der Waals surface area contributed by atoms with E-state index in [-0.39, 0.29) is 24.2 Å². The van der Waals surface area contributed by atoms with Crippen LogP contribution in [0.5, 0.6) is 0 Å². The Kier molecular flexibility index (Phi) is 5.89. The number of piperazine rings is 1. The normalized spacial score (nSPS) is 15.3. The summed E-state index contributed by atoms with van der Waals surface area (Å²) < 4.78 is 13.2. The Morgan fingerprint density at radius 2 is 2.18 bits per heavy atom. The van der Waals surface area contributed by atoms with Crippen LogP contribution in [0.2, 0.25) is 0 Å². The molecule has 0 radical (unpaired) electrons. The van der Waals surface area contributed by atoms with Crippen LogP contribution in [-0.4, -0.2) is 54.8 Å². The van der Waals surface area contributed by atoms with E-state index in [9.17, 15) is 14.0 Å². The third kappa shape index (κ3) is 4.53. The summed E-state index contributed by atoms with van der Waals surface area (Å²) in [5.41, 5.74) is 0.766. The Balaban J connectivity index is 1.85. The zero-order chi connectivity index (χ0) is 15.9. The Labute approximate surface area is 130 Å². The highest BCUT2D eigenvalue weighted by molar-refractivity contribution is 5.86. The van der Waals surface area contributed by atoms with Crippen LogP contribution in [0.1, 0.15) is 18.4 Å². The number of halogens is 1. The molecule has 120 valence electrons. The Hall–Kier alpha value is -1.95. The van der Waals surface area contributed by atoms with Gasteiger partial charge in [-0.2, -0.15) is 0 Å². The molecule has 2 rings (SSSR count). The van der Waals surface area contributed by atoms with Gasteiger partial charge in [-0.05, 0) is 37.7 Å². The van der Waals surface area contributed by atoms with Crippen LogP contribution in [0.25, 0.3) is 0 Å². The number of carbonyl (C=O) groups is 2. The smallest absolute Gasteiger partial charge is 0.242 e. The summed E-state index contributed by atoms with van der Waals surface area (Å²) in [6.45, 7) is 2.33. The molecule has 0 spiro atoms. The summed E-state index contributed by atoms with van der Waals surface area (Å²) in [5, 5.41) is 3.00. The van der Waals surface area contributed by atoms with E-state index in [0.717, 1.165) is 18.5 Å². The molecule has 1 saturated heterocycles. The van der Waals surface area contributed by atoms with Crippen LogP contribution >= 0.6 is 0 Å². The molecule has 22 heavy (non-hydrogen) atoms. The Morgan fingerprint density at radius 3 is 2.86 bits per heavy atom. The first-order valence-electron chi connectivity index (χ1n) is 7.54. The third-order valence-corrected chi connectivity index (χ3v) is 3.75. The standard InChI is InChI=1S/C16H22FN3O2/c1-18-7-3-6-15(21)20-9-8-19(16(22)12-20)11-13-4-2-5-14(17)10-13/h2,4-5,10,18H,3,6-9,11-12H2,1H3. The average molecular weight is 307 g/mol. The molecule has 0 atom stereocenters. The number of benzene rings is 1. The third-order valence-electron chi connectivity index (χ3n) is 3.75. The van der Waals surface area contributed by atoms with Crippen molar-refractivity contribution in [3.63, 3.8) is 0 Å². The minimum atomic E-state index is -0.303. The molecule has 1 fully saturated rings.